The summed E-state index contributed by atoms with van der Waals surface area (Å²) in [6.07, 6.45) is 3.81. The Morgan fingerprint density at radius 1 is 1.30 bits per heavy atom. The largest absolute Gasteiger partial charge is 0.362 e. The molecule has 1 aromatic rings. The van der Waals surface area contributed by atoms with Crippen molar-refractivity contribution >= 4 is 5.78 Å². The summed E-state index contributed by atoms with van der Waals surface area (Å²) in [5.74, 6) is 0.262. The molecule has 1 atom stereocenters. The summed E-state index contributed by atoms with van der Waals surface area (Å²) in [4.78, 5) is 20.7. The number of aryl methyl sites for hydroxylation is 2. The summed E-state index contributed by atoms with van der Waals surface area (Å²) in [7, 11) is 0. The van der Waals surface area contributed by atoms with Crippen LogP contribution in [-0.2, 0) is 0 Å². The zero-order valence-corrected chi connectivity index (χ0v) is 12.6. The first-order valence-corrected chi connectivity index (χ1v) is 7.79. The van der Waals surface area contributed by atoms with Gasteiger partial charge in [-0.1, -0.05) is 0 Å². The fraction of sp³-hybridized carbons (Fsp3) is 0.688. The summed E-state index contributed by atoms with van der Waals surface area (Å²) in [6.45, 7) is 9.14. The third kappa shape index (κ3) is 2.81. The topological polar surface area (TPSA) is 39.3 Å². The minimum atomic E-state index is 0.262. The summed E-state index contributed by atoms with van der Waals surface area (Å²) in [5.41, 5.74) is 2.95. The van der Waals surface area contributed by atoms with Gasteiger partial charge < -0.3 is 4.98 Å². The van der Waals surface area contributed by atoms with Crippen LogP contribution in [0.25, 0.3) is 0 Å². The summed E-state index contributed by atoms with van der Waals surface area (Å²) < 4.78 is 0. The molecule has 4 heteroatoms. The first-order chi connectivity index (χ1) is 9.63. The minimum absolute atomic E-state index is 0.262. The lowest BCUT2D eigenvalue weighted by molar-refractivity contribution is 0.0924. The van der Waals surface area contributed by atoms with Gasteiger partial charge in [-0.05, 0) is 58.8 Å². The van der Waals surface area contributed by atoms with Crippen LogP contribution in [0.4, 0.5) is 0 Å². The third-order valence-electron chi connectivity index (χ3n) is 4.70. The Balaban J connectivity index is 1.64. The quantitative estimate of drug-likeness (QED) is 0.858. The Hall–Kier alpha value is -1.13. The van der Waals surface area contributed by atoms with Crippen molar-refractivity contribution in [1.82, 2.24) is 14.8 Å². The zero-order valence-electron chi connectivity index (χ0n) is 12.6. The van der Waals surface area contributed by atoms with E-state index in [9.17, 15) is 4.79 Å². The predicted molar refractivity (Wildman–Crippen MR) is 80.2 cm³/mol. The van der Waals surface area contributed by atoms with Gasteiger partial charge in [0.15, 0.2) is 5.78 Å². The predicted octanol–water partition coefficient (Wildman–Crippen LogP) is 1.98. The van der Waals surface area contributed by atoms with Crippen LogP contribution < -0.4 is 0 Å². The van der Waals surface area contributed by atoms with Crippen molar-refractivity contribution in [3.05, 3.63) is 23.0 Å². The van der Waals surface area contributed by atoms with E-state index >= 15 is 0 Å². The fourth-order valence-corrected chi connectivity index (χ4v) is 3.73. The Labute approximate surface area is 121 Å². The molecule has 2 aliphatic rings. The van der Waals surface area contributed by atoms with E-state index in [1.807, 2.05) is 19.9 Å². The van der Waals surface area contributed by atoms with Gasteiger partial charge >= 0.3 is 0 Å². The average molecular weight is 275 g/mol. The van der Waals surface area contributed by atoms with Crippen molar-refractivity contribution in [3.63, 3.8) is 0 Å². The lowest BCUT2D eigenvalue weighted by Gasteiger charge is -2.25. The summed E-state index contributed by atoms with van der Waals surface area (Å²) in [6, 6.07) is 2.66. The molecule has 0 amide bonds. The van der Waals surface area contributed by atoms with Crippen LogP contribution in [0.2, 0.25) is 0 Å². The molecule has 0 bridgehead atoms. The number of carbonyl (C=O) groups is 1. The van der Waals surface area contributed by atoms with Crippen molar-refractivity contribution in [1.29, 1.82) is 0 Å². The van der Waals surface area contributed by atoms with Crippen molar-refractivity contribution in [2.24, 2.45) is 0 Å². The molecule has 0 aliphatic carbocycles. The first kappa shape index (κ1) is 13.8. The lowest BCUT2D eigenvalue weighted by atomic mass is 10.1. The van der Waals surface area contributed by atoms with Gasteiger partial charge in [-0.15, -0.1) is 0 Å². The number of aromatic nitrogens is 1. The minimum Gasteiger partial charge on any atom is -0.362 e. The van der Waals surface area contributed by atoms with Crippen LogP contribution in [-0.4, -0.2) is 59.3 Å². The van der Waals surface area contributed by atoms with Gasteiger partial charge in [0, 0.05) is 29.5 Å². The maximum atomic E-state index is 12.5. The number of nitrogens with one attached hydrogen (secondary N) is 1. The molecule has 0 aromatic carbocycles. The zero-order chi connectivity index (χ0) is 14.1. The maximum Gasteiger partial charge on any atom is 0.178 e. The van der Waals surface area contributed by atoms with E-state index in [1.165, 1.54) is 32.4 Å². The van der Waals surface area contributed by atoms with Gasteiger partial charge in [-0.2, -0.15) is 0 Å². The number of nitrogens with zero attached hydrogens (tertiary/aromatic N) is 2. The van der Waals surface area contributed by atoms with E-state index in [4.69, 9.17) is 0 Å². The number of fused-ring (bicyclic) bond motifs is 1. The second-order valence-electron chi connectivity index (χ2n) is 6.33. The van der Waals surface area contributed by atoms with E-state index < -0.39 is 0 Å². The number of aromatic amines is 1. The van der Waals surface area contributed by atoms with E-state index in [-0.39, 0.29) is 5.78 Å². The van der Waals surface area contributed by atoms with Crippen molar-refractivity contribution in [3.8, 4) is 0 Å². The Bertz CT molecular complexity index is 494. The average Bonchev–Trinajstić information content (AvgIpc) is 2.91. The van der Waals surface area contributed by atoms with Crippen LogP contribution in [0.1, 0.15) is 41.0 Å². The van der Waals surface area contributed by atoms with E-state index in [0.29, 0.717) is 12.6 Å². The smallest absolute Gasteiger partial charge is 0.178 e. The lowest BCUT2D eigenvalue weighted by Crippen LogP contribution is -2.38. The van der Waals surface area contributed by atoms with E-state index in [1.54, 1.807) is 0 Å². The van der Waals surface area contributed by atoms with Crippen molar-refractivity contribution in [2.75, 3.05) is 32.7 Å². The summed E-state index contributed by atoms with van der Waals surface area (Å²) >= 11 is 0. The molecule has 4 nitrogen and oxygen atoms in total. The van der Waals surface area contributed by atoms with Crippen molar-refractivity contribution < 1.29 is 4.79 Å². The first-order valence-electron chi connectivity index (χ1n) is 7.79. The van der Waals surface area contributed by atoms with Gasteiger partial charge in [0.1, 0.15) is 0 Å². The SMILES string of the molecule is Cc1cc(C(=O)CN2CCCN3CCCC3C2)c(C)[nH]1. The fourth-order valence-electron chi connectivity index (χ4n) is 3.73. The normalized spacial score (nSPS) is 24.6. The van der Waals surface area contributed by atoms with E-state index in [0.717, 1.165) is 30.0 Å². The number of Topliss-reactive ketones (excluding diaryl/α,β-unsaturated/α-hetero) is 1. The second-order valence-corrected chi connectivity index (χ2v) is 6.33. The maximum absolute atomic E-state index is 12.5. The molecule has 0 radical (unpaired) electrons. The van der Waals surface area contributed by atoms with Gasteiger partial charge in [0.2, 0.25) is 0 Å². The molecular weight excluding hydrogens is 250 g/mol. The Morgan fingerprint density at radius 3 is 2.85 bits per heavy atom. The van der Waals surface area contributed by atoms with Gasteiger partial charge in [0.05, 0.1) is 6.54 Å². The molecule has 0 spiro atoms. The molecule has 2 saturated heterocycles. The molecular formula is C16H25N3O. The highest BCUT2D eigenvalue weighted by atomic mass is 16.1. The van der Waals surface area contributed by atoms with Crippen molar-refractivity contribution in [2.45, 2.75) is 39.2 Å². The number of H-pyrrole nitrogens is 1. The third-order valence-corrected chi connectivity index (χ3v) is 4.70. The van der Waals surface area contributed by atoms with Crippen LogP contribution in [0.15, 0.2) is 6.07 Å². The molecule has 1 unspecified atom stereocenters. The Morgan fingerprint density at radius 2 is 2.10 bits per heavy atom. The monoisotopic (exact) mass is 275 g/mol. The Kier molecular flexibility index (Phi) is 3.94. The van der Waals surface area contributed by atoms with Crippen LogP contribution >= 0.6 is 0 Å². The molecule has 0 saturated carbocycles. The molecule has 3 rings (SSSR count). The number of hydrogen-bond donors (Lipinski definition) is 1. The molecule has 1 aromatic heterocycles. The molecule has 3 heterocycles. The van der Waals surface area contributed by atoms with Gasteiger partial charge in [-0.25, -0.2) is 0 Å². The highest BCUT2D eigenvalue weighted by Crippen LogP contribution is 2.21. The number of carbonyl (C=O) groups excluding carboxylic acids is 1. The number of ketones is 1. The van der Waals surface area contributed by atoms with Gasteiger partial charge in [0.25, 0.3) is 0 Å². The molecule has 110 valence electrons. The molecule has 20 heavy (non-hydrogen) atoms. The second kappa shape index (κ2) is 5.70. The summed E-state index contributed by atoms with van der Waals surface area (Å²) in [5, 5.41) is 0. The standard InChI is InChI=1S/C16H25N3O/c1-12-9-15(13(2)17-12)16(20)11-18-6-4-8-19-7-3-5-14(19)10-18/h9,14,17H,3-8,10-11H2,1-2H3. The molecule has 2 aliphatic heterocycles. The molecule has 1 N–H and O–H groups in total. The number of hydrogen-bond acceptors (Lipinski definition) is 3. The highest BCUT2D eigenvalue weighted by molar-refractivity contribution is 5.98. The van der Waals surface area contributed by atoms with Crippen LogP contribution in [0.5, 0.6) is 0 Å². The van der Waals surface area contributed by atoms with Crippen LogP contribution in [0.3, 0.4) is 0 Å². The molecule has 2 fully saturated rings. The van der Waals surface area contributed by atoms with Gasteiger partial charge in [-0.3, -0.25) is 14.6 Å². The number of rotatable bonds is 3. The van der Waals surface area contributed by atoms with E-state index in [2.05, 4.69) is 14.8 Å². The highest BCUT2D eigenvalue weighted by Gasteiger charge is 2.29. The van der Waals surface area contributed by atoms with Crippen LogP contribution in [0, 0.1) is 13.8 Å².